The van der Waals surface area contributed by atoms with Gasteiger partial charge in [-0.05, 0) is 12.8 Å². The number of rotatable bonds is 1. The monoisotopic (exact) mass is 191 g/mol. The van der Waals surface area contributed by atoms with Crippen LogP contribution in [0.15, 0.2) is 0 Å². The minimum Gasteiger partial charge on any atom is -0.272 e. The van der Waals surface area contributed by atoms with E-state index in [1.807, 2.05) is 0 Å². The predicted molar refractivity (Wildman–Crippen MR) is 40.0 cm³/mol. The Kier molecular flexibility index (Phi) is 1.98. The first-order valence-electron chi connectivity index (χ1n) is 4.43. The molecule has 0 aromatic heterocycles. The van der Waals surface area contributed by atoms with E-state index in [0.717, 1.165) is 11.5 Å². The molecule has 1 aliphatic heterocycles. The number of carbonyl (C=O) groups excluding carboxylic acids is 1. The summed E-state index contributed by atoms with van der Waals surface area (Å²) in [6, 6.07) is 0. The highest BCUT2D eigenvalue weighted by atomic mass is 19.3. The van der Waals surface area contributed by atoms with Crippen LogP contribution in [0.2, 0.25) is 0 Å². The van der Waals surface area contributed by atoms with E-state index in [2.05, 4.69) is 0 Å². The summed E-state index contributed by atoms with van der Waals surface area (Å²) in [5, 5.41) is 1.08. The van der Waals surface area contributed by atoms with Crippen molar-refractivity contribution < 1.29 is 18.4 Å². The molecule has 1 aliphatic carbocycles. The van der Waals surface area contributed by atoms with Gasteiger partial charge in [0.15, 0.2) is 0 Å². The Balaban J connectivity index is 1.97. The molecule has 0 radical (unpaired) electrons. The summed E-state index contributed by atoms with van der Waals surface area (Å²) >= 11 is 0. The molecule has 1 amide bonds. The van der Waals surface area contributed by atoms with Gasteiger partial charge in [-0.3, -0.25) is 9.63 Å². The van der Waals surface area contributed by atoms with Crippen molar-refractivity contribution in [1.82, 2.24) is 5.06 Å². The van der Waals surface area contributed by atoms with Crippen LogP contribution < -0.4 is 0 Å². The highest BCUT2D eigenvalue weighted by Gasteiger charge is 2.54. The van der Waals surface area contributed by atoms with Gasteiger partial charge in [-0.15, -0.1) is 0 Å². The van der Waals surface area contributed by atoms with E-state index in [1.54, 1.807) is 0 Å². The molecule has 3 nitrogen and oxygen atoms in total. The van der Waals surface area contributed by atoms with E-state index < -0.39 is 17.7 Å². The maximum Gasteiger partial charge on any atom is 0.259 e. The van der Waals surface area contributed by atoms with Crippen LogP contribution >= 0.6 is 0 Å². The lowest BCUT2D eigenvalue weighted by Crippen LogP contribution is -2.49. The van der Waals surface area contributed by atoms with Crippen LogP contribution in [-0.4, -0.2) is 30.0 Å². The third kappa shape index (κ3) is 1.41. The molecule has 0 spiro atoms. The molecule has 13 heavy (non-hydrogen) atoms. The van der Waals surface area contributed by atoms with Crippen LogP contribution in [0.25, 0.3) is 0 Å². The maximum absolute atomic E-state index is 12.8. The summed E-state index contributed by atoms with van der Waals surface area (Å²) in [5.41, 5.74) is 0. The SMILES string of the molecule is O=C(C1CCC1(F)F)N1CCCO1. The van der Waals surface area contributed by atoms with E-state index in [0.29, 0.717) is 13.2 Å². The van der Waals surface area contributed by atoms with Gasteiger partial charge in [-0.25, -0.2) is 13.8 Å². The molecule has 2 aliphatic rings. The summed E-state index contributed by atoms with van der Waals surface area (Å²) in [6.45, 7) is 0.912. The molecular formula is C8H11F2NO2. The van der Waals surface area contributed by atoms with Gasteiger partial charge in [0.25, 0.3) is 11.8 Å². The third-order valence-corrected chi connectivity index (χ3v) is 2.57. The molecule has 2 fully saturated rings. The number of hydrogen-bond donors (Lipinski definition) is 0. The Morgan fingerprint density at radius 2 is 2.31 bits per heavy atom. The topological polar surface area (TPSA) is 29.5 Å². The average Bonchev–Trinajstić information content (AvgIpc) is 2.54. The highest BCUT2D eigenvalue weighted by molar-refractivity contribution is 5.80. The highest BCUT2D eigenvalue weighted by Crippen LogP contribution is 2.44. The molecule has 0 aromatic rings. The van der Waals surface area contributed by atoms with Crippen molar-refractivity contribution in [3.05, 3.63) is 0 Å². The molecule has 0 N–H and O–H groups in total. The second-order valence-corrected chi connectivity index (χ2v) is 3.48. The first-order valence-corrected chi connectivity index (χ1v) is 4.43. The third-order valence-electron chi connectivity index (χ3n) is 2.57. The lowest BCUT2D eigenvalue weighted by Gasteiger charge is -2.36. The second-order valence-electron chi connectivity index (χ2n) is 3.48. The molecule has 0 bridgehead atoms. The lowest BCUT2D eigenvalue weighted by atomic mass is 9.80. The van der Waals surface area contributed by atoms with E-state index >= 15 is 0 Å². The zero-order chi connectivity index (χ0) is 9.47. The van der Waals surface area contributed by atoms with Crippen LogP contribution in [0.3, 0.4) is 0 Å². The molecule has 74 valence electrons. The Morgan fingerprint density at radius 1 is 1.54 bits per heavy atom. The van der Waals surface area contributed by atoms with Gasteiger partial charge in [-0.1, -0.05) is 0 Å². The summed E-state index contributed by atoms with van der Waals surface area (Å²) < 4.78 is 25.6. The Morgan fingerprint density at radius 3 is 2.69 bits per heavy atom. The largest absolute Gasteiger partial charge is 0.272 e. The lowest BCUT2D eigenvalue weighted by molar-refractivity contribution is -0.201. The second kappa shape index (κ2) is 2.90. The normalized spacial score (nSPS) is 31.5. The van der Waals surface area contributed by atoms with Crippen LogP contribution in [-0.2, 0) is 9.63 Å². The van der Waals surface area contributed by atoms with E-state index in [1.165, 1.54) is 0 Å². The predicted octanol–water partition coefficient (Wildman–Crippen LogP) is 1.20. The quantitative estimate of drug-likeness (QED) is 0.623. The minimum absolute atomic E-state index is 0.169. The Bertz CT molecular complexity index is 226. The number of amides is 1. The molecule has 0 aromatic carbocycles. The zero-order valence-electron chi connectivity index (χ0n) is 7.13. The molecule has 1 saturated carbocycles. The molecule has 1 heterocycles. The standard InChI is InChI=1S/C8H11F2NO2/c9-8(10)3-2-6(8)7(12)11-4-1-5-13-11/h6H,1-5H2. The van der Waals surface area contributed by atoms with Gasteiger partial charge in [0.1, 0.15) is 5.92 Å². The van der Waals surface area contributed by atoms with Crippen molar-refractivity contribution in [3.8, 4) is 0 Å². The summed E-state index contributed by atoms with van der Waals surface area (Å²) in [4.78, 5) is 16.3. The van der Waals surface area contributed by atoms with E-state index in [9.17, 15) is 13.6 Å². The van der Waals surface area contributed by atoms with Gasteiger partial charge in [0, 0.05) is 6.42 Å². The Labute approximate surface area is 74.6 Å². The number of alkyl halides is 2. The molecule has 1 saturated heterocycles. The summed E-state index contributed by atoms with van der Waals surface area (Å²) in [5.74, 6) is -4.48. The molecule has 2 rings (SSSR count). The molecule has 1 atom stereocenters. The van der Waals surface area contributed by atoms with Crippen molar-refractivity contribution in [1.29, 1.82) is 0 Å². The zero-order valence-corrected chi connectivity index (χ0v) is 7.13. The first-order chi connectivity index (χ1) is 6.11. The van der Waals surface area contributed by atoms with Crippen molar-refractivity contribution >= 4 is 5.91 Å². The number of hydroxylamine groups is 2. The fourth-order valence-electron chi connectivity index (χ4n) is 1.61. The van der Waals surface area contributed by atoms with Crippen molar-refractivity contribution in [3.63, 3.8) is 0 Å². The smallest absolute Gasteiger partial charge is 0.259 e. The Hall–Kier alpha value is -0.710. The fourth-order valence-corrected chi connectivity index (χ4v) is 1.61. The summed E-state index contributed by atoms with van der Waals surface area (Å²) in [7, 11) is 0. The number of nitrogens with zero attached hydrogens (tertiary/aromatic N) is 1. The van der Waals surface area contributed by atoms with Gasteiger partial charge < -0.3 is 0 Å². The van der Waals surface area contributed by atoms with Gasteiger partial charge in [-0.2, -0.15) is 0 Å². The summed E-state index contributed by atoms with van der Waals surface area (Å²) in [6.07, 6.45) is 0.854. The maximum atomic E-state index is 12.8. The molecule has 5 heteroatoms. The van der Waals surface area contributed by atoms with Crippen LogP contribution in [0.5, 0.6) is 0 Å². The number of carbonyl (C=O) groups is 1. The molecule has 1 unspecified atom stereocenters. The number of hydrogen-bond acceptors (Lipinski definition) is 2. The van der Waals surface area contributed by atoms with Crippen LogP contribution in [0.4, 0.5) is 8.78 Å². The fraction of sp³-hybridized carbons (Fsp3) is 0.875. The van der Waals surface area contributed by atoms with E-state index in [-0.39, 0.29) is 12.8 Å². The van der Waals surface area contributed by atoms with Crippen LogP contribution in [0.1, 0.15) is 19.3 Å². The van der Waals surface area contributed by atoms with Gasteiger partial charge >= 0.3 is 0 Å². The van der Waals surface area contributed by atoms with Gasteiger partial charge in [0.2, 0.25) is 0 Å². The van der Waals surface area contributed by atoms with Crippen molar-refractivity contribution in [2.45, 2.75) is 25.2 Å². The number of halogens is 2. The van der Waals surface area contributed by atoms with Gasteiger partial charge in [0.05, 0.1) is 13.2 Å². The van der Waals surface area contributed by atoms with Crippen molar-refractivity contribution in [2.75, 3.05) is 13.2 Å². The van der Waals surface area contributed by atoms with Crippen LogP contribution in [0, 0.1) is 5.92 Å². The van der Waals surface area contributed by atoms with Crippen molar-refractivity contribution in [2.24, 2.45) is 5.92 Å². The minimum atomic E-state index is -2.80. The molecular weight excluding hydrogens is 180 g/mol. The van der Waals surface area contributed by atoms with E-state index in [4.69, 9.17) is 4.84 Å². The first kappa shape index (κ1) is 8.87. The average molecular weight is 191 g/mol.